The molecule has 3 aromatic rings. The minimum Gasteiger partial charge on any atom is -0.484 e. The summed E-state index contributed by atoms with van der Waals surface area (Å²) in [5.41, 5.74) is 2.11. The maximum atomic E-state index is 13.9. The average Bonchev–Trinajstić information content (AvgIpc) is 3.29. The van der Waals surface area contributed by atoms with Crippen LogP contribution in [0.3, 0.4) is 0 Å². The largest absolute Gasteiger partial charge is 0.484 e. The third kappa shape index (κ3) is 8.22. The minimum atomic E-state index is -3.78. The number of aromatic amines is 1. The molecule has 2 aromatic carbocycles. The number of aryl methyl sites for hydroxylation is 1. The van der Waals surface area contributed by atoms with Crippen LogP contribution in [0.15, 0.2) is 52.6 Å². The fraction of sp³-hybridized carbons (Fsp3) is 0.387. The van der Waals surface area contributed by atoms with Crippen LogP contribution >= 0.6 is 33.0 Å². The van der Waals surface area contributed by atoms with Gasteiger partial charge in [0.05, 0.1) is 44.4 Å². The number of carbonyl (C=O) groups excluding carboxylic acids is 3. The molecule has 0 aliphatic carbocycles. The van der Waals surface area contributed by atoms with Crippen molar-refractivity contribution in [2.75, 3.05) is 26.1 Å². The standard InChI is InChI=1S/C31H35FIN3O8S2/c1-17-23-11-20(32)7-10-24(23)35-27(17)22-9-8-21(12-25(22)46(33,40)41)43-14-26(38)34-18(2)29-36(16-37)28(19(13-42-6)15-45-29)30(39)44-31(3,4)5/h7-12,16,18,29,35H,13-15H2,1-6H3,(H,34,38). The van der Waals surface area contributed by atoms with Crippen LogP contribution < -0.4 is 10.1 Å². The topological polar surface area (TPSA) is 144 Å². The predicted octanol–water partition coefficient (Wildman–Crippen LogP) is 5.06. The van der Waals surface area contributed by atoms with Gasteiger partial charge in [-0.2, -0.15) is 0 Å². The number of nitrogens with one attached hydrogen (secondary N) is 2. The van der Waals surface area contributed by atoms with Gasteiger partial charge in [-0.1, -0.05) is 0 Å². The molecule has 2 N–H and O–H groups in total. The first kappa shape index (κ1) is 35.7. The highest BCUT2D eigenvalue weighted by Crippen LogP contribution is 2.38. The smallest absolute Gasteiger partial charge is 0.355 e. The highest BCUT2D eigenvalue weighted by molar-refractivity contribution is 14.2. The number of hydrogen-bond acceptors (Lipinski definition) is 9. The lowest BCUT2D eigenvalue weighted by atomic mass is 10.1. The van der Waals surface area contributed by atoms with Crippen LogP contribution in [0.1, 0.15) is 33.3 Å². The Morgan fingerprint density at radius 2 is 1.96 bits per heavy atom. The molecule has 0 spiro atoms. The molecule has 46 heavy (non-hydrogen) atoms. The first-order valence-corrected chi connectivity index (χ1v) is 19.2. The van der Waals surface area contributed by atoms with Crippen molar-refractivity contribution < 1.29 is 41.4 Å². The zero-order valence-electron chi connectivity index (χ0n) is 26.1. The molecule has 1 aliphatic heterocycles. The Hall–Kier alpha value is -3.15. The summed E-state index contributed by atoms with van der Waals surface area (Å²) in [5, 5.41) is 2.80. The lowest BCUT2D eigenvalue weighted by molar-refractivity contribution is -0.153. The Balaban J connectivity index is 1.50. The van der Waals surface area contributed by atoms with Gasteiger partial charge in [0, 0.05) is 35.4 Å². The number of benzene rings is 2. The summed E-state index contributed by atoms with van der Waals surface area (Å²) in [5.74, 6) is -1.09. The van der Waals surface area contributed by atoms with Crippen molar-refractivity contribution in [1.29, 1.82) is 0 Å². The summed E-state index contributed by atoms with van der Waals surface area (Å²) in [6.45, 7) is 8.32. The van der Waals surface area contributed by atoms with E-state index in [0.717, 1.165) is 0 Å². The van der Waals surface area contributed by atoms with Gasteiger partial charge in [0.2, 0.25) is 13.4 Å². The van der Waals surface area contributed by atoms with E-state index in [4.69, 9.17) is 14.2 Å². The van der Waals surface area contributed by atoms with Gasteiger partial charge in [0.15, 0.2) is 6.61 Å². The van der Waals surface area contributed by atoms with Gasteiger partial charge in [-0.3, -0.25) is 14.5 Å². The maximum Gasteiger partial charge on any atom is 0.355 e. The minimum absolute atomic E-state index is 0.0388. The van der Waals surface area contributed by atoms with Crippen LogP contribution in [-0.4, -0.2) is 79.7 Å². The normalized spacial score (nSPS) is 16.3. The number of amides is 2. The molecular weight excluding hydrogens is 752 g/mol. The number of fused-ring (bicyclic) bond motifs is 1. The molecule has 0 saturated heterocycles. The van der Waals surface area contributed by atoms with E-state index in [-0.39, 0.29) is 22.9 Å². The quantitative estimate of drug-likeness (QED) is 0.118. The number of rotatable bonds is 11. The van der Waals surface area contributed by atoms with Crippen molar-refractivity contribution in [3.05, 3.63) is 59.0 Å². The molecule has 11 nitrogen and oxygen atoms in total. The second-order valence-electron chi connectivity index (χ2n) is 11.7. The van der Waals surface area contributed by atoms with Crippen LogP contribution in [0.25, 0.3) is 22.2 Å². The van der Waals surface area contributed by atoms with Gasteiger partial charge in [-0.25, -0.2) is 17.6 Å². The van der Waals surface area contributed by atoms with Crippen molar-refractivity contribution in [3.8, 4) is 17.0 Å². The molecule has 0 bridgehead atoms. The van der Waals surface area contributed by atoms with Crippen LogP contribution in [0.2, 0.25) is 0 Å². The van der Waals surface area contributed by atoms with Crippen molar-refractivity contribution >= 4 is 69.2 Å². The summed E-state index contributed by atoms with van der Waals surface area (Å²) in [6, 6.07) is 8.12. The molecule has 0 saturated carbocycles. The number of hydrogen-bond donors (Lipinski definition) is 2. The lowest BCUT2D eigenvalue weighted by Gasteiger charge is -2.38. The van der Waals surface area contributed by atoms with Gasteiger partial charge < -0.3 is 24.5 Å². The molecule has 1 aliphatic rings. The number of H-pyrrole nitrogens is 1. The first-order chi connectivity index (χ1) is 21.5. The molecule has 1 aromatic heterocycles. The molecular formula is C31H35FIN3O8S2. The van der Waals surface area contributed by atoms with Crippen molar-refractivity contribution in [2.45, 2.75) is 56.5 Å². The molecule has 4 rings (SSSR count). The Bertz CT molecular complexity index is 1800. The number of esters is 1. The fourth-order valence-electron chi connectivity index (χ4n) is 5.09. The van der Waals surface area contributed by atoms with Gasteiger partial charge in [0.1, 0.15) is 28.2 Å². The molecule has 0 radical (unpaired) electrons. The molecule has 248 valence electrons. The number of ether oxygens (including phenoxy) is 3. The molecule has 2 unspecified atom stereocenters. The van der Waals surface area contributed by atoms with E-state index in [1.807, 2.05) is 0 Å². The van der Waals surface area contributed by atoms with E-state index in [1.165, 1.54) is 63.2 Å². The number of halogens is 2. The monoisotopic (exact) mass is 787 g/mol. The van der Waals surface area contributed by atoms with Gasteiger partial charge >= 0.3 is 5.97 Å². The zero-order chi connectivity index (χ0) is 34.0. The van der Waals surface area contributed by atoms with Gasteiger partial charge in [-0.15, -0.1) is 11.8 Å². The van der Waals surface area contributed by atoms with Crippen LogP contribution in [-0.2, 0) is 30.9 Å². The van der Waals surface area contributed by atoms with E-state index in [9.17, 15) is 27.2 Å². The van der Waals surface area contributed by atoms with Crippen molar-refractivity contribution in [2.24, 2.45) is 0 Å². The Kier molecular flexibility index (Phi) is 11.1. The average molecular weight is 788 g/mol. The Morgan fingerprint density at radius 3 is 2.59 bits per heavy atom. The lowest BCUT2D eigenvalue weighted by Crippen LogP contribution is -2.52. The zero-order valence-corrected chi connectivity index (χ0v) is 29.9. The van der Waals surface area contributed by atoms with Crippen LogP contribution in [0, 0.1) is 12.7 Å². The summed E-state index contributed by atoms with van der Waals surface area (Å²) < 4.78 is 55.9. The fourth-order valence-corrected chi connectivity index (χ4v) is 8.13. The van der Waals surface area contributed by atoms with Crippen LogP contribution in [0.4, 0.5) is 4.39 Å². The Labute approximate surface area is 283 Å². The van der Waals surface area contributed by atoms with Gasteiger partial charge in [0.25, 0.3) is 5.91 Å². The number of nitrogens with zero attached hydrogens (tertiary/aromatic N) is 1. The van der Waals surface area contributed by atoms with Gasteiger partial charge in [-0.05, 0) is 76.1 Å². The SMILES string of the molecule is COCC1=C(C(=O)OC(C)(C)C)N(C=O)C(C(C)NC(=O)COc2ccc(-c3[nH]c4ccc(F)cc4c3C)c(S(=O)(=O)I)c2)SC1. The summed E-state index contributed by atoms with van der Waals surface area (Å²) >= 11 is 2.70. The molecule has 2 atom stereocenters. The summed E-state index contributed by atoms with van der Waals surface area (Å²) in [6.07, 6.45) is 0.532. The molecule has 15 heteroatoms. The Morgan fingerprint density at radius 1 is 1.24 bits per heavy atom. The van der Waals surface area contributed by atoms with E-state index in [1.54, 1.807) is 52.8 Å². The summed E-state index contributed by atoms with van der Waals surface area (Å²) in [7, 11) is -2.29. The van der Waals surface area contributed by atoms with Crippen molar-refractivity contribution in [3.63, 3.8) is 0 Å². The number of carbonyl (C=O) groups is 3. The van der Waals surface area contributed by atoms with E-state index < -0.39 is 48.3 Å². The molecule has 2 amide bonds. The maximum absolute atomic E-state index is 13.9. The van der Waals surface area contributed by atoms with E-state index >= 15 is 0 Å². The first-order valence-electron chi connectivity index (χ1n) is 14.1. The molecule has 2 heterocycles. The third-order valence-corrected chi connectivity index (χ3v) is 10.8. The highest BCUT2D eigenvalue weighted by Gasteiger charge is 2.38. The number of aromatic nitrogens is 1. The summed E-state index contributed by atoms with van der Waals surface area (Å²) in [4.78, 5) is 42.7. The van der Waals surface area contributed by atoms with Crippen LogP contribution in [0.5, 0.6) is 5.75 Å². The second kappa shape index (κ2) is 14.3. The number of thioether (sulfide) groups is 1. The number of methoxy groups -OCH3 is 1. The van der Waals surface area contributed by atoms with E-state index in [0.29, 0.717) is 45.5 Å². The predicted molar refractivity (Wildman–Crippen MR) is 182 cm³/mol. The van der Waals surface area contributed by atoms with Crippen molar-refractivity contribution in [1.82, 2.24) is 15.2 Å². The highest BCUT2D eigenvalue weighted by atomic mass is 127. The van der Waals surface area contributed by atoms with E-state index in [2.05, 4.69) is 10.3 Å². The third-order valence-electron chi connectivity index (χ3n) is 7.01. The molecule has 0 fully saturated rings. The second-order valence-corrected chi connectivity index (χ2v) is 17.6.